The van der Waals surface area contributed by atoms with Gasteiger partial charge in [-0.25, -0.2) is 13.1 Å². The zero-order chi connectivity index (χ0) is 23.6. The summed E-state index contributed by atoms with van der Waals surface area (Å²) in [4.78, 5) is 4.01. The summed E-state index contributed by atoms with van der Waals surface area (Å²) in [6.45, 7) is 1.35. The number of sulfonamides is 1. The van der Waals surface area contributed by atoms with E-state index in [1.165, 1.54) is 35.4 Å². The third kappa shape index (κ3) is 5.34. The van der Waals surface area contributed by atoms with Gasteiger partial charge in [-0.2, -0.15) is 0 Å². The molecule has 6 nitrogen and oxygen atoms in total. The molecular weight excluding hydrogens is 505 g/mol. The van der Waals surface area contributed by atoms with E-state index in [9.17, 15) is 8.42 Å². The fraction of sp³-hybridized carbons (Fsp3) is 0.346. The summed E-state index contributed by atoms with van der Waals surface area (Å²) in [6.07, 6.45) is 7.33. The molecule has 0 amide bonds. The number of hydrogen-bond donors (Lipinski definition) is 2. The van der Waals surface area contributed by atoms with Gasteiger partial charge >= 0.3 is 0 Å². The maximum absolute atomic E-state index is 12.4. The van der Waals surface area contributed by atoms with Gasteiger partial charge in [0.05, 0.1) is 0 Å². The van der Waals surface area contributed by atoms with Crippen LogP contribution in [0.1, 0.15) is 42.0 Å². The molecule has 2 heterocycles. The number of nitrogens with zero attached hydrogens (tertiary/aromatic N) is 1. The van der Waals surface area contributed by atoms with Crippen LogP contribution in [0.25, 0.3) is 0 Å². The fourth-order valence-corrected chi connectivity index (χ4v) is 6.23. The Bertz CT molecular complexity index is 1250. The number of aromatic nitrogens is 1. The summed E-state index contributed by atoms with van der Waals surface area (Å²) in [5.74, 6) is 0.749. The van der Waals surface area contributed by atoms with Gasteiger partial charge in [-0.1, -0.05) is 36.2 Å². The molecular formula is C26H29Cl2N3O3S. The second-order valence-electron chi connectivity index (χ2n) is 8.95. The lowest BCUT2D eigenvalue weighted by molar-refractivity contribution is 0.164. The van der Waals surface area contributed by atoms with Crippen molar-refractivity contribution in [3.05, 3.63) is 88.7 Å². The summed E-state index contributed by atoms with van der Waals surface area (Å²) in [7, 11) is -3.60. The third-order valence-electron chi connectivity index (χ3n) is 7.00. The molecule has 35 heavy (non-hydrogen) atoms. The van der Waals surface area contributed by atoms with Crippen LogP contribution in [-0.2, 0) is 21.9 Å². The molecule has 1 aromatic heterocycles. The molecule has 0 saturated heterocycles. The number of fused-ring (bicyclic) bond motifs is 1. The van der Waals surface area contributed by atoms with Gasteiger partial charge in [-0.05, 0) is 78.9 Å². The molecule has 1 saturated carbocycles. The van der Waals surface area contributed by atoms with Gasteiger partial charge in [-0.3, -0.25) is 4.98 Å². The lowest BCUT2D eigenvalue weighted by atomic mass is 9.58. The molecule has 1 aliphatic carbocycles. The quantitative estimate of drug-likeness (QED) is 0.405. The first-order valence-corrected chi connectivity index (χ1v) is 13.5. The van der Waals surface area contributed by atoms with E-state index in [1.54, 1.807) is 12.3 Å². The lowest BCUT2D eigenvalue weighted by Crippen LogP contribution is -2.49. The van der Waals surface area contributed by atoms with Crippen molar-refractivity contribution in [3.63, 3.8) is 0 Å². The van der Waals surface area contributed by atoms with E-state index in [4.69, 9.17) is 16.3 Å². The van der Waals surface area contributed by atoms with Crippen LogP contribution in [0.4, 0.5) is 0 Å². The third-order valence-corrected chi connectivity index (χ3v) is 8.69. The van der Waals surface area contributed by atoms with Gasteiger partial charge in [0.1, 0.15) is 17.3 Å². The van der Waals surface area contributed by atoms with Crippen LogP contribution in [0.2, 0.25) is 5.02 Å². The highest BCUT2D eigenvalue weighted by molar-refractivity contribution is 7.89. The SMILES string of the molecule is Cl.O=S(=O)(NCCOc1ccc2c(c1)[C@@H](C1(c3ccc(Cl)cc3)CCC1)NCC2)c1cccnc1. The van der Waals surface area contributed by atoms with Gasteiger partial charge < -0.3 is 10.1 Å². The van der Waals surface area contributed by atoms with Crippen LogP contribution < -0.4 is 14.8 Å². The van der Waals surface area contributed by atoms with Crippen LogP contribution in [0, 0.1) is 0 Å². The van der Waals surface area contributed by atoms with Crippen LogP contribution in [0.3, 0.4) is 0 Å². The molecule has 0 unspecified atom stereocenters. The van der Waals surface area contributed by atoms with E-state index >= 15 is 0 Å². The second kappa shape index (κ2) is 10.8. The smallest absolute Gasteiger partial charge is 0.242 e. The van der Waals surface area contributed by atoms with Gasteiger partial charge in [-0.15, -0.1) is 12.4 Å². The predicted molar refractivity (Wildman–Crippen MR) is 140 cm³/mol. The Morgan fingerprint density at radius 1 is 1.14 bits per heavy atom. The lowest BCUT2D eigenvalue weighted by Gasteiger charge is -2.50. The Labute approximate surface area is 217 Å². The van der Waals surface area contributed by atoms with Crippen molar-refractivity contribution in [2.24, 2.45) is 0 Å². The summed E-state index contributed by atoms with van der Waals surface area (Å²) < 4.78 is 33.2. The van der Waals surface area contributed by atoms with E-state index in [0.717, 1.165) is 36.6 Å². The van der Waals surface area contributed by atoms with Crippen molar-refractivity contribution in [3.8, 4) is 5.75 Å². The van der Waals surface area contributed by atoms with Crippen molar-refractivity contribution >= 4 is 34.0 Å². The molecule has 2 aromatic carbocycles. The Morgan fingerprint density at radius 2 is 1.94 bits per heavy atom. The second-order valence-corrected chi connectivity index (χ2v) is 11.2. The normalized spacial score (nSPS) is 18.6. The van der Waals surface area contributed by atoms with Crippen LogP contribution >= 0.6 is 24.0 Å². The number of benzene rings is 2. The van der Waals surface area contributed by atoms with Crippen LogP contribution in [0.5, 0.6) is 5.75 Å². The van der Waals surface area contributed by atoms with E-state index in [-0.39, 0.29) is 41.9 Å². The van der Waals surface area contributed by atoms with Crippen molar-refractivity contribution in [2.45, 2.75) is 42.0 Å². The Morgan fingerprint density at radius 3 is 2.63 bits per heavy atom. The van der Waals surface area contributed by atoms with Crippen LogP contribution in [-0.4, -0.2) is 33.1 Å². The zero-order valence-electron chi connectivity index (χ0n) is 19.2. The highest BCUT2D eigenvalue weighted by Gasteiger charge is 2.47. The molecule has 2 aliphatic rings. The molecule has 0 bridgehead atoms. The van der Waals surface area contributed by atoms with Gasteiger partial charge in [0, 0.05) is 35.4 Å². The van der Waals surface area contributed by atoms with Crippen molar-refractivity contribution in [1.29, 1.82) is 0 Å². The van der Waals surface area contributed by atoms with Gasteiger partial charge in [0.25, 0.3) is 0 Å². The number of pyridine rings is 1. The molecule has 9 heteroatoms. The molecule has 0 radical (unpaired) electrons. The minimum absolute atomic E-state index is 0. The van der Waals surface area contributed by atoms with Gasteiger partial charge in [0.2, 0.25) is 10.0 Å². The average molecular weight is 535 g/mol. The maximum atomic E-state index is 12.4. The Hall–Kier alpha value is -2.16. The molecule has 0 spiro atoms. The molecule has 1 fully saturated rings. The van der Waals surface area contributed by atoms with Crippen molar-refractivity contribution in [2.75, 3.05) is 19.7 Å². The largest absolute Gasteiger partial charge is 0.492 e. The predicted octanol–water partition coefficient (Wildman–Crippen LogP) is 4.82. The number of ether oxygens (including phenoxy) is 1. The minimum Gasteiger partial charge on any atom is -0.492 e. The molecule has 186 valence electrons. The highest BCUT2D eigenvalue weighted by Crippen LogP contribution is 2.53. The first-order chi connectivity index (χ1) is 16.5. The van der Waals surface area contributed by atoms with E-state index < -0.39 is 10.0 Å². The Balaban J connectivity index is 0.00000289. The fourth-order valence-electron chi connectivity index (χ4n) is 5.13. The monoisotopic (exact) mass is 533 g/mol. The van der Waals surface area contributed by atoms with Crippen molar-refractivity contribution in [1.82, 2.24) is 15.0 Å². The van der Waals surface area contributed by atoms with Crippen LogP contribution in [0.15, 0.2) is 71.9 Å². The highest BCUT2D eigenvalue weighted by atomic mass is 35.5. The number of halogens is 2. The van der Waals surface area contributed by atoms with Gasteiger partial charge in [0.15, 0.2) is 0 Å². The first kappa shape index (κ1) is 25.9. The zero-order valence-corrected chi connectivity index (χ0v) is 21.6. The van der Waals surface area contributed by atoms with E-state index in [2.05, 4.69) is 39.3 Å². The number of nitrogens with one attached hydrogen (secondary N) is 2. The standard InChI is InChI=1S/C26H28ClN3O3S.ClH/c27-21-7-5-20(6-8-21)26(11-2-12-26)25-24-17-22(9-4-19(24)10-14-29-25)33-16-15-30-34(31,32)23-3-1-13-28-18-23;/h1,3-9,13,17-18,25,29-30H,2,10-12,14-16H2;1H/t25-;/m0./s1. The van der Waals surface area contributed by atoms with E-state index in [1.807, 2.05) is 18.2 Å². The molecule has 2 N–H and O–H groups in total. The molecule has 5 rings (SSSR count). The number of rotatable bonds is 8. The molecule has 3 aromatic rings. The summed E-state index contributed by atoms with van der Waals surface area (Å²) >= 11 is 6.16. The maximum Gasteiger partial charge on any atom is 0.242 e. The topological polar surface area (TPSA) is 80.3 Å². The van der Waals surface area contributed by atoms with Crippen molar-refractivity contribution < 1.29 is 13.2 Å². The molecule has 1 aliphatic heterocycles. The summed E-state index contributed by atoms with van der Waals surface area (Å²) in [5.41, 5.74) is 3.99. The summed E-state index contributed by atoms with van der Waals surface area (Å²) in [6, 6.07) is 17.8. The summed E-state index contributed by atoms with van der Waals surface area (Å²) in [5, 5.41) is 4.53. The average Bonchev–Trinajstić information content (AvgIpc) is 2.83. The first-order valence-electron chi connectivity index (χ1n) is 11.6. The minimum atomic E-state index is -3.60. The molecule has 1 atom stereocenters. The van der Waals surface area contributed by atoms with E-state index in [0.29, 0.717) is 0 Å². The number of hydrogen-bond acceptors (Lipinski definition) is 5. The Kier molecular flexibility index (Phi) is 8.03.